The standard InChI is InChI=1S/C17H21Cl2NO/c1-3-16(21)17-12(9-11-5-7-15(17)20(11)2)10-4-6-13(18)14(19)8-10/h4,6,8,11-12,15,17H,3,5,7,9H2,1-2H3/t11-,12-,15+,17-/m0/s1. The lowest BCUT2D eigenvalue weighted by Gasteiger charge is -2.42. The first-order valence-corrected chi connectivity index (χ1v) is 8.48. The smallest absolute Gasteiger partial charge is 0.137 e. The van der Waals surface area contributed by atoms with Crippen molar-refractivity contribution < 1.29 is 4.79 Å². The number of carbonyl (C=O) groups excluding carboxylic acids is 1. The second-order valence-electron chi connectivity index (χ2n) is 6.33. The Morgan fingerprint density at radius 3 is 2.71 bits per heavy atom. The molecule has 2 aliphatic heterocycles. The number of hydrogen-bond acceptors (Lipinski definition) is 2. The zero-order valence-corrected chi connectivity index (χ0v) is 14.0. The number of nitrogens with zero attached hydrogens (tertiary/aromatic N) is 1. The topological polar surface area (TPSA) is 20.3 Å². The Hall–Kier alpha value is -0.570. The van der Waals surface area contributed by atoms with E-state index >= 15 is 0 Å². The lowest BCUT2D eigenvalue weighted by Crippen LogP contribution is -2.48. The van der Waals surface area contributed by atoms with Gasteiger partial charge in [-0.3, -0.25) is 9.69 Å². The third-order valence-electron chi connectivity index (χ3n) is 5.36. The van der Waals surface area contributed by atoms with Crippen molar-refractivity contribution in [3.63, 3.8) is 0 Å². The van der Waals surface area contributed by atoms with E-state index in [4.69, 9.17) is 23.2 Å². The summed E-state index contributed by atoms with van der Waals surface area (Å²) in [5, 5.41) is 1.16. The van der Waals surface area contributed by atoms with E-state index in [1.807, 2.05) is 25.1 Å². The van der Waals surface area contributed by atoms with Crippen molar-refractivity contribution in [2.75, 3.05) is 7.05 Å². The van der Waals surface area contributed by atoms with Crippen molar-refractivity contribution in [3.05, 3.63) is 33.8 Å². The number of hydrogen-bond donors (Lipinski definition) is 0. The van der Waals surface area contributed by atoms with Crippen molar-refractivity contribution in [3.8, 4) is 0 Å². The maximum atomic E-state index is 12.6. The van der Waals surface area contributed by atoms with Crippen LogP contribution in [-0.4, -0.2) is 29.8 Å². The highest BCUT2D eigenvalue weighted by Crippen LogP contribution is 2.47. The predicted octanol–water partition coefficient (Wildman–Crippen LogP) is 4.54. The van der Waals surface area contributed by atoms with Crippen LogP contribution >= 0.6 is 23.2 Å². The fourth-order valence-corrected chi connectivity index (χ4v) is 4.53. The molecule has 21 heavy (non-hydrogen) atoms. The molecule has 0 amide bonds. The van der Waals surface area contributed by atoms with Gasteiger partial charge in [-0.05, 0) is 49.9 Å². The van der Waals surface area contributed by atoms with E-state index in [0.29, 0.717) is 34.3 Å². The van der Waals surface area contributed by atoms with Crippen LogP contribution in [0.2, 0.25) is 10.0 Å². The average molecular weight is 326 g/mol. The summed E-state index contributed by atoms with van der Waals surface area (Å²) in [6, 6.07) is 6.83. The maximum Gasteiger partial charge on any atom is 0.137 e. The summed E-state index contributed by atoms with van der Waals surface area (Å²) in [4.78, 5) is 15.0. The first-order valence-electron chi connectivity index (χ1n) is 7.72. The molecule has 2 aliphatic rings. The van der Waals surface area contributed by atoms with Gasteiger partial charge >= 0.3 is 0 Å². The van der Waals surface area contributed by atoms with Crippen LogP contribution < -0.4 is 0 Å². The van der Waals surface area contributed by atoms with Crippen molar-refractivity contribution in [1.82, 2.24) is 4.90 Å². The quantitative estimate of drug-likeness (QED) is 0.813. The van der Waals surface area contributed by atoms with Gasteiger partial charge < -0.3 is 0 Å². The van der Waals surface area contributed by atoms with Crippen molar-refractivity contribution in [2.45, 2.75) is 50.6 Å². The summed E-state index contributed by atoms with van der Waals surface area (Å²) in [7, 11) is 2.17. The van der Waals surface area contributed by atoms with E-state index < -0.39 is 0 Å². The molecular formula is C17H21Cl2NO. The third-order valence-corrected chi connectivity index (χ3v) is 6.10. The van der Waals surface area contributed by atoms with Gasteiger partial charge in [0.1, 0.15) is 5.78 Å². The minimum atomic E-state index is 0.0935. The number of Topliss-reactive ketones (excluding diaryl/α,β-unsaturated/α-hetero) is 1. The number of piperidine rings is 1. The summed E-state index contributed by atoms with van der Waals surface area (Å²) < 4.78 is 0. The minimum absolute atomic E-state index is 0.0935. The van der Waals surface area contributed by atoms with Crippen LogP contribution in [0.3, 0.4) is 0 Å². The van der Waals surface area contributed by atoms with Gasteiger partial charge in [0.15, 0.2) is 0 Å². The van der Waals surface area contributed by atoms with Gasteiger partial charge in [-0.2, -0.15) is 0 Å². The third kappa shape index (κ3) is 2.62. The fraction of sp³-hybridized carbons (Fsp3) is 0.588. The van der Waals surface area contributed by atoms with E-state index in [0.717, 1.165) is 12.8 Å². The Bertz CT molecular complexity index is 560. The van der Waals surface area contributed by atoms with Crippen LogP contribution in [0.25, 0.3) is 0 Å². The number of ketones is 1. The lowest BCUT2D eigenvalue weighted by atomic mass is 9.73. The minimum Gasteiger partial charge on any atom is -0.300 e. The molecule has 2 heterocycles. The highest BCUT2D eigenvalue weighted by Gasteiger charge is 2.48. The molecule has 2 bridgehead atoms. The van der Waals surface area contributed by atoms with Gasteiger partial charge in [0.05, 0.1) is 10.0 Å². The number of benzene rings is 1. The van der Waals surface area contributed by atoms with Crippen LogP contribution in [0.5, 0.6) is 0 Å². The highest BCUT2D eigenvalue weighted by molar-refractivity contribution is 6.42. The summed E-state index contributed by atoms with van der Waals surface area (Å²) in [5.41, 5.74) is 1.17. The Balaban J connectivity index is 1.98. The first-order chi connectivity index (χ1) is 10.0. The molecule has 4 heteroatoms. The zero-order chi connectivity index (χ0) is 15.1. The summed E-state index contributed by atoms with van der Waals surface area (Å²) in [6.07, 6.45) is 3.99. The van der Waals surface area contributed by atoms with Gasteiger partial charge in [-0.1, -0.05) is 36.2 Å². The molecule has 1 aromatic rings. The Morgan fingerprint density at radius 2 is 2.05 bits per heavy atom. The van der Waals surface area contributed by atoms with Crippen LogP contribution in [0.4, 0.5) is 0 Å². The van der Waals surface area contributed by atoms with Crippen molar-refractivity contribution in [2.24, 2.45) is 5.92 Å². The molecule has 0 aliphatic carbocycles. The van der Waals surface area contributed by atoms with Gasteiger partial charge in [0.2, 0.25) is 0 Å². The zero-order valence-electron chi connectivity index (χ0n) is 12.5. The monoisotopic (exact) mass is 325 g/mol. The summed E-state index contributed by atoms with van der Waals surface area (Å²) in [5.74, 6) is 0.750. The number of halogens is 2. The van der Waals surface area contributed by atoms with Crippen molar-refractivity contribution >= 4 is 29.0 Å². The summed E-state index contributed by atoms with van der Waals surface area (Å²) in [6.45, 7) is 1.97. The van der Waals surface area contributed by atoms with E-state index in [2.05, 4.69) is 11.9 Å². The highest BCUT2D eigenvalue weighted by atomic mass is 35.5. The molecule has 114 valence electrons. The van der Waals surface area contributed by atoms with Crippen LogP contribution in [-0.2, 0) is 4.79 Å². The molecule has 0 N–H and O–H groups in total. The van der Waals surface area contributed by atoms with E-state index in [9.17, 15) is 4.79 Å². The van der Waals surface area contributed by atoms with Gasteiger partial charge in [-0.15, -0.1) is 0 Å². The van der Waals surface area contributed by atoms with Gasteiger partial charge in [-0.25, -0.2) is 0 Å². The number of fused-ring (bicyclic) bond motifs is 2. The normalized spacial score (nSPS) is 32.4. The number of carbonyl (C=O) groups is 1. The molecule has 2 fully saturated rings. The second-order valence-corrected chi connectivity index (χ2v) is 7.14. The van der Waals surface area contributed by atoms with E-state index in [1.165, 1.54) is 12.0 Å². The van der Waals surface area contributed by atoms with Crippen LogP contribution in [0.15, 0.2) is 18.2 Å². The van der Waals surface area contributed by atoms with Gasteiger partial charge in [0.25, 0.3) is 0 Å². The Kier molecular flexibility index (Phi) is 4.31. The van der Waals surface area contributed by atoms with Crippen molar-refractivity contribution in [1.29, 1.82) is 0 Å². The molecule has 1 aromatic carbocycles. The Morgan fingerprint density at radius 1 is 1.29 bits per heavy atom. The average Bonchev–Trinajstić information content (AvgIpc) is 2.72. The largest absolute Gasteiger partial charge is 0.300 e. The van der Waals surface area contributed by atoms with Gasteiger partial charge in [0, 0.05) is 24.4 Å². The molecule has 3 rings (SSSR count). The molecule has 0 radical (unpaired) electrons. The molecule has 4 atom stereocenters. The molecule has 0 spiro atoms. The van der Waals surface area contributed by atoms with Crippen LogP contribution in [0, 0.1) is 5.92 Å². The molecule has 0 unspecified atom stereocenters. The molecule has 2 saturated heterocycles. The molecule has 0 saturated carbocycles. The number of rotatable bonds is 3. The second kappa shape index (κ2) is 5.91. The SMILES string of the molecule is CCC(=O)[C@@H]1[C@H]2CC[C@@H](C[C@H]1c1ccc(Cl)c(Cl)c1)N2C. The predicted molar refractivity (Wildman–Crippen MR) is 87.2 cm³/mol. The van der Waals surface area contributed by atoms with E-state index in [1.54, 1.807) is 0 Å². The molecular weight excluding hydrogens is 305 g/mol. The maximum absolute atomic E-state index is 12.6. The first kappa shape index (κ1) is 15.3. The summed E-state index contributed by atoms with van der Waals surface area (Å²) >= 11 is 12.2. The fourth-order valence-electron chi connectivity index (χ4n) is 4.23. The van der Waals surface area contributed by atoms with E-state index in [-0.39, 0.29) is 11.8 Å². The molecule has 2 nitrogen and oxygen atoms in total. The lowest BCUT2D eigenvalue weighted by molar-refractivity contribution is -0.126. The molecule has 0 aromatic heterocycles. The van der Waals surface area contributed by atoms with Crippen LogP contribution in [0.1, 0.15) is 44.1 Å². The Labute approximate surface area is 136 Å².